The molecule has 2 nitrogen and oxygen atoms in total. The molecule has 0 bridgehead atoms. The standard InChI is InChI=1S/C9H5FI2NOPS/c10-9-6(5-14)1-2-8-7(9)3-4-13(8)16-15(11)12/h1-5H. The molecule has 0 amide bonds. The second-order valence-electron chi connectivity index (χ2n) is 2.94. The van der Waals surface area contributed by atoms with Gasteiger partial charge in [-0.3, -0.25) is 8.77 Å². The van der Waals surface area contributed by atoms with Crippen molar-refractivity contribution in [1.82, 2.24) is 3.97 Å². The van der Waals surface area contributed by atoms with E-state index in [1.165, 1.54) is 6.07 Å². The molecule has 0 saturated heterocycles. The van der Waals surface area contributed by atoms with Gasteiger partial charge in [-0.1, -0.05) is 0 Å². The van der Waals surface area contributed by atoms with E-state index in [2.05, 4.69) is 44.1 Å². The summed E-state index contributed by atoms with van der Waals surface area (Å²) >= 11 is 6.34. The second-order valence-corrected chi connectivity index (χ2v) is 20.7. The Morgan fingerprint density at radius 3 is 2.75 bits per heavy atom. The molecule has 1 aromatic heterocycles. The average molecular weight is 479 g/mol. The minimum Gasteiger partial charge on any atom is -0.298 e. The van der Waals surface area contributed by atoms with Crippen molar-refractivity contribution in [3.8, 4) is 0 Å². The summed E-state index contributed by atoms with van der Waals surface area (Å²) in [7, 11) is 0. The van der Waals surface area contributed by atoms with Crippen LogP contribution >= 0.6 is 58.1 Å². The van der Waals surface area contributed by atoms with E-state index in [0.717, 1.165) is 5.52 Å². The Morgan fingerprint density at radius 2 is 2.12 bits per heavy atom. The second kappa shape index (κ2) is 5.49. The quantitative estimate of drug-likeness (QED) is 0.344. The number of halogens is 3. The van der Waals surface area contributed by atoms with Gasteiger partial charge in [-0.2, -0.15) is 0 Å². The van der Waals surface area contributed by atoms with E-state index in [9.17, 15) is 9.18 Å². The molecule has 0 unspecified atom stereocenters. The van der Waals surface area contributed by atoms with Crippen molar-refractivity contribution in [3.63, 3.8) is 0 Å². The maximum absolute atomic E-state index is 13.8. The maximum atomic E-state index is 13.8. The summed E-state index contributed by atoms with van der Waals surface area (Å²) in [5, 5.41) is 0.502. The summed E-state index contributed by atoms with van der Waals surface area (Å²) in [6.07, 6.45) is 2.38. The van der Waals surface area contributed by atoms with Gasteiger partial charge in [0.15, 0.2) is 6.29 Å². The van der Waals surface area contributed by atoms with Crippen LogP contribution in [-0.2, 0) is 0 Å². The lowest BCUT2D eigenvalue weighted by Gasteiger charge is -2.04. The third kappa shape index (κ3) is 2.54. The molecule has 16 heavy (non-hydrogen) atoms. The number of aldehydes is 1. The number of rotatable bonds is 3. The van der Waals surface area contributed by atoms with Gasteiger partial charge in [-0.05, 0) is 62.3 Å². The number of hydrogen-bond acceptors (Lipinski definition) is 2. The van der Waals surface area contributed by atoms with E-state index < -0.39 is 5.82 Å². The molecule has 0 aliphatic rings. The Morgan fingerprint density at radius 1 is 1.38 bits per heavy atom. The SMILES string of the molecule is O=Cc1ccc2c(ccn2SP(I)I)c1F. The fraction of sp³-hybridized carbons (Fsp3) is 0. The Bertz CT molecular complexity index is 546. The van der Waals surface area contributed by atoms with Crippen molar-refractivity contribution in [2.45, 2.75) is 0 Å². The van der Waals surface area contributed by atoms with Gasteiger partial charge in [0.25, 0.3) is 0 Å². The van der Waals surface area contributed by atoms with Crippen molar-refractivity contribution in [2.24, 2.45) is 0 Å². The van der Waals surface area contributed by atoms with Crippen molar-refractivity contribution in [2.75, 3.05) is 0 Å². The smallest absolute Gasteiger partial charge is 0.153 e. The van der Waals surface area contributed by atoms with Gasteiger partial charge in [0.1, 0.15) is 8.23 Å². The van der Waals surface area contributed by atoms with Crippen molar-refractivity contribution < 1.29 is 9.18 Å². The van der Waals surface area contributed by atoms with E-state index in [-0.39, 0.29) is 7.97 Å². The first-order chi connectivity index (χ1) is 7.63. The predicted molar refractivity (Wildman–Crippen MR) is 85.2 cm³/mol. The maximum Gasteiger partial charge on any atom is 0.153 e. The molecule has 0 aliphatic heterocycles. The monoisotopic (exact) mass is 479 g/mol. The average Bonchev–Trinajstić information content (AvgIpc) is 2.62. The van der Waals surface area contributed by atoms with Gasteiger partial charge < -0.3 is 0 Å². The predicted octanol–water partition coefficient (Wildman–Crippen LogP) is 5.19. The Labute approximate surface area is 123 Å². The molecule has 0 N–H and O–H groups in total. The molecule has 84 valence electrons. The number of nitrogens with zero attached hydrogens (tertiary/aromatic N) is 1. The first kappa shape index (κ1) is 13.0. The van der Waals surface area contributed by atoms with Crippen LogP contribution in [0, 0.1) is 5.82 Å². The first-order valence-electron chi connectivity index (χ1n) is 4.18. The third-order valence-corrected chi connectivity index (χ3v) is 6.76. The van der Waals surface area contributed by atoms with Crippen LogP contribution in [0.5, 0.6) is 0 Å². The number of hydrogen-bond donors (Lipinski definition) is 0. The zero-order valence-electron chi connectivity index (χ0n) is 7.73. The van der Waals surface area contributed by atoms with Gasteiger partial charge in [0, 0.05) is 23.2 Å². The van der Waals surface area contributed by atoms with E-state index in [4.69, 9.17) is 0 Å². The van der Waals surface area contributed by atoms with Crippen LogP contribution in [-0.4, -0.2) is 10.3 Å². The fourth-order valence-electron chi connectivity index (χ4n) is 1.40. The van der Waals surface area contributed by atoms with Crippen molar-refractivity contribution >= 4 is 75.2 Å². The lowest BCUT2D eigenvalue weighted by Crippen LogP contribution is -1.89. The molecule has 2 aromatic rings. The number of carbonyl (C=O) groups is 1. The molecule has 7 heteroatoms. The van der Waals surface area contributed by atoms with Crippen LogP contribution in [0.1, 0.15) is 10.4 Å². The minimum absolute atomic E-state index is 0.112. The Kier molecular flexibility index (Phi) is 4.48. The zero-order chi connectivity index (χ0) is 11.7. The Balaban J connectivity index is 2.58. The molecular weight excluding hydrogens is 474 g/mol. The van der Waals surface area contributed by atoms with Crippen molar-refractivity contribution in [3.05, 3.63) is 35.8 Å². The van der Waals surface area contributed by atoms with E-state index in [1.54, 1.807) is 23.7 Å². The highest BCUT2D eigenvalue weighted by Crippen LogP contribution is 2.65. The topological polar surface area (TPSA) is 22.0 Å². The molecule has 0 fully saturated rings. The van der Waals surface area contributed by atoms with Gasteiger partial charge in [0.05, 0.1) is 11.1 Å². The summed E-state index contributed by atoms with van der Waals surface area (Å²) < 4.78 is 15.5. The summed E-state index contributed by atoms with van der Waals surface area (Å²) in [6, 6.07) is 5.00. The van der Waals surface area contributed by atoms with Crippen LogP contribution in [0.2, 0.25) is 0 Å². The highest BCUT2D eigenvalue weighted by atomic mass is 127. The molecule has 0 aliphatic carbocycles. The molecular formula is C9H5FI2NOPS. The summed E-state index contributed by atoms with van der Waals surface area (Å²) in [5.41, 5.74) is 0.926. The van der Waals surface area contributed by atoms with Gasteiger partial charge in [-0.25, -0.2) is 4.39 Å². The summed E-state index contributed by atoms with van der Waals surface area (Å²) in [4.78, 5) is 10.6. The number of benzene rings is 1. The molecule has 0 atom stereocenters. The van der Waals surface area contributed by atoms with Gasteiger partial charge in [0.2, 0.25) is 0 Å². The van der Waals surface area contributed by atoms with Crippen molar-refractivity contribution in [1.29, 1.82) is 0 Å². The zero-order valence-corrected chi connectivity index (χ0v) is 13.8. The number of fused-ring (bicyclic) bond motifs is 1. The fourth-order valence-corrected chi connectivity index (χ4v) is 6.14. The first-order valence-corrected chi connectivity index (χ1v) is 12.5. The minimum atomic E-state index is -0.432. The van der Waals surface area contributed by atoms with Crippen LogP contribution in [0.3, 0.4) is 0 Å². The Hall–Kier alpha value is 0.600. The van der Waals surface area contributed by atoms with E-state index in [1.807, 2.05) is 10.2 Å². The normalized spacial score (nSPS) is 11.2. The molecule has 1 heterocycles. The summed E-state index contributed by atoms with van der Waals surface area (Å²) in [5.74, 6) is -0.432. The number of aromatic nitrogens is 1. The van der Waals surface area contributed by atoms with Crippen LogP contribution in [0.4, 0.5) is 4.39 Å². The highest BCUT2D eigenvalue weighted by Gasteiger charge is 2.11. The summed E-state index contributed by atoms with van der Waals surface area (Å²) in [6.45, 7) is 0. The number of carbonyl (C=O) groups excluding carboxylic acids is 1. The van der Waals surface area contributed by atoms with Crippen LogP contribution in [0.25, 0.3) is 10.9 Å². The lowest BCUT2D eigenvalue weighted by atomic mass is 10.1. The van der Waals surface area contributed by atoms with Crippen LogP contribution < -0.4 is 0 Å². The van der Waals surface area contributed by atoms with Gasteiger partial charge >= 0.3 is 0 Å². The molecule has 0 saturated carbocycles. The lowest BCUT2D eigenvalue weighted by molar-refractivity contribution is 0.112. The molecule has 0 radical (unpaired) electrons. The van der Waals surface area contributed by atoms with Crippen LogP contribution in [0.15, 0.2) is 24.4 Å². The van der Waals surface area contributed by atoms with E-state index in [0.29, 0.717) is 11.7 Å². The molecule has 0 spiro atoms. The largest absolute Gasteiger partial charge is 0.298 e. The molecule has 1 aromatic carbocycles. The van der Waals surface area contributed by atoms with Gasteiger partial charge in [-0.15, -0.1) is 0 Å². The third-order valence-electron chi connectivity index (χ3n) is 2.08. The molecule has 2 rings (SSSR count). The highest BCUT2D eigenvalue weighted by molar-refractivity contribution is 14.3. The van der Waals surface area contributed by atoms with E-state index >= 15 is 0 Å².